The van der Waals surface area contributed by atoms with E-state index in [0.717, 1.165) is 39.1 Å². The van der Waals surface area contributed by atoms with Gasteiger partial charge < -0.3 is 15.4 Å². The summed E-state index contributed by atoms with van der Waals surface area (Å²) in [4.78, 5) is 11.2. The van der Waals surface area contributed by atoms with Crippen LogP contribution < -0.4 is 10.6 Å². The van der Waals surface area contributed by atoms with Crippen molar-refractivity contribution in [3.63, 3.8) is 0 Å². The van der Waals surface area contributed by atoms with Gasteiger partial charge in [-0.2, -0.15) is 0 Å². The zero-order chi connectivity index (χ0) is 10.9. The van der Waals surface area contributed by atoms with Crippen LogP contribution in [0.2, 0.25) is 0 Å². The number of carbonyl (C=O) groups is 1. The number of ether oxygens (including phenoxy) is 1. The molecular weight excluding hydrogens is 192 g/mol. The summed E-state index contributed by atoms with van der Waals surface area (Å²) in [5, 5.41) is 5.99. The maximum Gasteiger partial charge on any atom is 0.233 e. The highest BCUT2D eigenvalue weighted by Crippen LogP contribution is 2.14. The van der Waals surface area contributed by atoms with Crippen molar-refractivity contribution < 1.29 is 9.53 Å². The molecule has 0 radical (unpaired) electrons. The first-order valence-corrected chi connectivity index (χ1v) is 5.88. The van der Waals surface area contributed by atoms with Crippen LogP contribution in [-0.2, 0) is 9.53 Å². The zero-order valence-electron chi connectivity index (χ0n) is 9.55. The molecule has 0 saturated carbocycles. The summed E-state index contributed by atoms with van der Waals surface area (Å²) in [7, 11) is 0. The summed E-state index contributed by atoms with van der Waals surface area (Å²) < 4.78 is 5.28. The molecule has 1 heterocycles. The summed E-state index contributed by atoms with van der Waals surface area (Å²) in [5.74, 6) is 0.788. The number of carbonyl (C=O) groups excluding carboxylic acids is 1. The quantitative estimate of drug-likeness (QED) is 0.608. The predicted molar refractivity (Wildman–Crippen MR) is 59.7 cm³/mol. The number of amides is 1. The normalized spacial score (nSPS) is 20.5. The Hall–Kier alpha value is -0.610. The molecule has 0 spiro atoms. The third-order valence-electron chi connectivity index (χ3n) is 2.61. The molecule has 1 saturated heterocycles. The molecule has 4 nitrogen and oxygen atoms in total. The molecule has 1 unspecified atom stereocenters. The molecule has 1 fully saturated rings. The molecule has 88 valence electrons. The lowest BCUT2D eigenvalue weighted by Crippen LogP contribution is -2.35. The second kappa shape index (κ2) is 7.65. The number of rotatable bonds is 7. The SMILES string of the molecule is CCCNC(=O)CNCCC1CCOC1. The smallest absolute Gasteiger partial charge is 0.233 e. The van der Waals surface area contributed by atoms with Crippen LogP contribution in [0, 0.1) is 5.92 Å². The molecule has 0 bridgehead atoms. The van der Waals surface area contributed by atoms with Crippen molar-refractivity contribution in [2.24, 2.45) is 5.92 Å². The molecule has 1 rings (SSSR count). The Morgan fingerprint density at radius 3 is 3.00 bits per heavy atom. The van der Waals surface area contributed by atoms with Gasteiger partial charge in [-0.3, -0.25) is 4.79 Å². The van der Waals surface area contributed by atoms with E-state index in [1.54, 1.807) is 0 Å². The van der Waals surface area contributed by atoms with Crippen molar-refractivity contribution in [1.82, 2.24) is 10.6 Å². The Morgan fingerprint density at radius 1 is 1.47 bits per heavy atom. The molecule has 1 aliphatic rings. The second-order valence-corrected chi connectivity index (χ2v) is 4.05. The van der Waals surface area contributed by atoms with Crippen LogP contribution in [0.15, 0.2) is 0 Å². The lowest BCUT2D eigenvalue weighted by molar-refractivity contribution is -0.120. The minimum absolute atomic E-state index is 0.0968. The predicted octanol–water partition coefficient (Wildman–Crippen LogP) is 0.529. The Labute approximate surface area is 91.8 Å². The van der Waals surface area contributed by atoms with Crippen LogP contribution >= 0.6 is 0 Å². The summed E-state index contributed by atoms with van der Waals surface area (Å²) in [6.07, 6.45) is 3.27. The van der Waals surface area contributed by atoms with Gasteiger partial charge in [0, 0.05) is 19.8 Å². The fraction of sp³-hybridized carbons (Fsp3) is 0.909. The van der Waals surface area contributed by atoms with Crippen LogP contribution in [0.1, 0.15) is 26.2 Å². The molecule has 2 N–H and O–H groups in total. The van der Waals surface area contributed by atoms with Crippen LogP contribution in [-0.4, -0.2) is 38.8 Å². The molecule has 0 aromatic heterocycles. The number of hydrogen-bond donors (Lipinski definition) is 2. The lowest BCUT2D eigenvalue weighted by atomic mass is 10.1. The van der Waals surface area contributed by atoms with Gasteiger partial charge in [-0.15, -0.1) is 0 Å². The maximum absolute atomic E-state index is 11.2. The van der Waals surface area contributed by atoms with Gasteiger partial charge >= 0.3 is 0 Å². The van der Waals surface area contributed by atoms with Gasteiger partial charge in [0.15, 0.2) is 0 Å². The first-order valence-electron chi connectivity index (χ1n) is 5.88. The van der Waals surface area contributed by atoms with Crippen molar-refractivity contribution in [3.05, 3.63) is 0 Å². The average molecular weight is 214 g/mol. The van der Waals surface area contributed by atoms with Gasteiger partial charge in [0.25, 0.3) is 0 Å². The van der Waals surface area contributed by atoms with Gasteiger partial charge in [0.2, 0.25) is 5.91 Å². The van der Waals surface area contributed by atoms with Gasteiger partial charge in [-0.1, -0.05) is 6.92 Å². The van der Waals surface area contributed by atoms with Crippen LogP contribution in [0.5, 0.6) is 0 Å². The summed E-state index contributed by atoms with van der Waals surface area (Å²) in [6, 6.07) is 0. The Morgan fingerprint density at radius 2 is 2.33 bits per heavy atom. The van der Waals surface area contributed by atoms with E-state index in [9.17, 15) is 4.79 Å². The minimum Gasteiger partial charge on any atom is -0.381 e. The lowest BCUT2D eigenvalue weighted by Gasteiger charge is -2.08. The molecule has 0 aliphatic carbocycles. The van der Waals surface area contributed by atoms with Gasteiger partial charge in [0.05, 0.1) is 6.54 Å². The van der Waals surface area contributed by atoms with Crippen molar-refractivity contribution in [2.75, 3.05) is 32.8 Å². The van der Waals surface area contributed by atoms with Crippen molar-refractivity contribution in [2.45, 2.75) is 26.2 Å². The zero-order valence-corrected chi connectivity index (χ0v) is 9.55. The van der Waals surface area contributed by atoms with Crippen molar-refractivity contribution >= 4 is 5.91 Å². The molecule has 1 amide bonds. The molecule has 1 atom stereocenters. The van der Waals surface area contributed by atoms with E-state index in [1.807, 2.05) is 6.92 Å². The highest BCUT2D eigenvalue weighted by Gasteiger charge is 2.14. The third kappa shape index (κ3) is 5.74. The number of nitrogens with one attached hydrogen (secondary N) is 2. The van der Waals surface area contributed by atoms with E-state index < -0.39 is 0 Å². The Bertz CT molecular complexity index is 179. The van der Waals surface area contributed by atoms with Crippen molar-refractivity contribution in [3.8, 4) is 0 Å². The monoisotopic (exact) mass is 214 g/mol. The third-order valence-corrected chi connectivity index (χ3v) is 2.61. The van der Waals surface area contributed by atoms with Crippen LogP contribution in [0.3, 0.4) is 0 Å². The van der Waals surface area contributed by atoms with Crippen LogP contribution in [0.25, 0.3) is 0 Å². The molecular formula is C11H22N2O2. The standard InChI is InChI=1S/C11H22N2O2/c1-2-5-13-11(14)8-12-6-3-10-4-7-15-9-10/h10,12H,2-9H2,1H3,(H,13,14). The van der Waals surface area contributed by atoms with Crippen molar-refractivity contribution in [1.29, 1.82) is 0 Å². The second-order valence-electron chi connectivity index (χ2n) is 4.05. The number of hydrogen-bond acceptors (Lipinski definition) is 3. The Balaban J connectivity index is 1.89. The van der Waals surface area contributed by atoms with E-state index in [1.165, 1.54) is 6.42 Å². The maximum atomic E-state index is 11.2. The van der Waals surface area contributed by atoms with E-state index in [4.69, 9.17) is 4.74 Å². The fourth-order valence-corrected chi connectivity index (χ4v) is 1.65. The molecule has 0 aromatic carbocycles. The summed E-state index contributed by atoms with van der Waals surface area (Å²) in [5.41, 5.74) is 0. The largest absolute Gasteiger partial charge is 0.381 e. The van der Waals surface area contributed by atoms with Gasteiger partial charge in [-0.25, -0.2) is 0 Å². The Kier molecular flexibility index (Phi) is 6.36. The van der Waals surface area contributed by atoms with Crippen LogP contribution in [0.4, 0.5) is 0 Å². The highest BCUT2D eigenvalue weighted by molar-refractivity contribution is 5.77. The van der Waals surface area contributed by atoms with E-state index in [-0.39, 0.29) is 5.91 Å². The summed E-state index contributed by atoms with van der Waals surface area (Å²) >= 11 is 0. The van der Waals surface area contributed by atoms with E-state index in [2.05, 4.69) is 10.6 Å². The molecule has 0 aromatic rings. The van der Waals surface area contributed by atoms with Gasteiger partial charge in [0.1, 0.15) is 0 Å². The highest BCUT2D eigenvalue weighted by atomic mass is 16.5. The molecule has 4 heteroatoms. The van der Waals surface area contributed by atoms with E-state index in [0.29, 0.717) is 12.5 Å². The summed E-state index contributed by atoms with van der Waals surface area (Å²) in [6.45, 7) is 5.97. The first-order chi connectivity index (χ1) is 7.33. The molecule has 1 aliphatic heterocycles. The molecule has 15 heavy (non-hydrogen) atoms. The van der Waals surface area contributed by atoms with E-state index >= 15 is 0 Å². The first kappa shape index (κ1) is 12.5. The fourth-order valence-electron chi connectivity index (χ4n) is 1.65. The minimum atomic E-state index is 0.0968. The van der Waals surface area contributed by atoms with Gasteiger partial charge in [-0.05, 0) is 31.7 Å². The average Bonchev–Trinajstić information content (AvgIpc) is 2.74. The topological polar surface area (TPSA) is 50.4 Å².